The molecule has 1 heterocycles. The van der Waals surface area contributed by atoms with E-state index < -0.39 is 48.7 Å². The van der Waals surface area contributed by atoms with Gasteiger partial charge >= 0.3 is 17.9 Å². The summed E-state index contributed by atoms with van der Waals surface area (Å²) in [6, 6.07) is 0. The molecule has 1 saturated heterocycles. The van der Waals surface area contributed by atoms with Crippen molar-refractivity contribution >= 4 is 17.9 Å². The maximum Gasteiger partial charge on any atom is 0.351 e. The van der Waals surface area contributed by atoms with Gasteiger partial charge in [-0.05, 0) is 6.42 Å². The molecule has 1 aliphatic heterocycles. The number of hydrogen-bond donors (Lipinski definition) is 3. The Morgan fingerprint density at radius 2 is 1.75 bits per heavy atom. The van der Waals surface area contributed by atoms with Gasteiger partial charge in [0, 0.05) is 12.8 Å². The molecule has 162 valence electrons. The molecule has 3 atom stereocenters. The number of esters is 2. The highest BCUT2D eigenvalue weighted by Crippen LogP contribution is 2.38. The van der Waals surface area contributed by atoms with E-state index >= 15 is 0 Å². The standard InChI is InChI=1S/C20H34O8/c1-2-3-4-5-6-7-8-9-10-16(18(24)25)20(12-11-17(23)28-20)19(26)27-14-15(22)13-21/h15-16,21-22H,2-14H2,1H3,(H,24,25)/t15?,16-,20-/m0/s1. The first-order valence-electron chi connectivity index (χ1n) is 10.3. The fourth-order valence-electron chi connectivity index (χ4n) is 3.51. The van der Waals surface area contributed by atoms with Crippen LogP contribution in [-0.2, 0) is 23.9 Å². The van der Waals surface area contributed by atoms with Crippen molar-refractivity contribution in [1.82, 2.24) is 0 Å². The summed E-state index contributed by atoms with van der Waals surface area (Å²) in [4.78, 5) is 36.1. The molecule has 0 aromatic heterocycles. The van der Waals surface area contributed by atoms with Gasteiger partial charge in [-0.1, -0.05) is 58.3 Å². The van der Waals surface area contributed by atoms with Crippen LogP contribution in [0.2, 0.25) is 0 Å². The number of aliphatic hydroxyl groups excluding tert-OH is 2. The molecular formula is C20H34O8. The van der Waals surface area contributed by atoms with Crippen molar-refractivity contribution in [1.29, 1.82) is 0 Å². The van der Waals surface area contributed by atoms with Crippen LogP contribution in [0.25, 0.3) is 0 Å². The van der Waals surface area contributed by atoms with E-state index in [-0.39, 0.29) is 19.3 Å². The molecule has 1 aliphatic rings. The van der Waals surface area contributed by atoms with Crippen molar-refractivity contribution in [2.24, 2.45) is 5.92 Å². The smallest absolute Gasteiger partial charge is 0.351 e. The monoisotopic (exact) mass is 402 g/mol. The highest BCUT2D eigenvalue weighted by Gasteiger charge is 2.57. The second kappa shape index (κ2) is 12.7. The van der Waals surface area contributed by atoms with Crippen molar-refractivity contribution in [3.63, 3.8) is 0 Å². The van der Waals surface area contributed by atoms with Gasteiger partial charge in [0.1, 0.15) is 18.6 Å². The summed E-state index contributed by atoms with van der Waals surface area (Å²) in [5, 5.41) is 27.9. The van der Waals surface area contributed by atoms with E-state index in [0.717, 1.165) is 25.7 Å². The van der Waals surface area contributed by atoms with Crippen LogP contribution in [0.5, 0.6) is 0 Å². The molecular weight excluding hydrogens is 368 g/mol. The molecule has 0 bridgehead atoms. The van der Waals surface area contributed by atoms with Crippen molar-refractivity contribution in [3.05, 3.63) is 0 Å². The Balaban J connectivity index is 2.64. The van der Waals surface area contributed by atoms with Gasteiger partial charge in [-0.25, -0.2) is 4.79 Å². The van der Waals surface area contributed by atoms with Gasteiger partial charge in [0.05, 0.1) is 6.61 Å². The highest BCUT2D eigenvalue weighted by atomic mass is 16.6. The first kappa shape index (κ1) is 24.4. The zero-order valence-electron chi connectivity index (χ0n) is 16.7. The molecule has 1 fully saturated rings. The third-order valence-electron chi connectivity index (χ3n) is 5.17. The van der Waals surface area contributed by atoms with E-state index in [0.29, 0.717) is 6.42 Å². The number of carboxylic acid groups (broad SMARTS) is 1. The van der Waals surface area contributed by atoms with Crippen LogP contribution in [0.4, 0.5) is 0 Å². The summed E-state index contributed by atoms with van der Waals surface area (Å²) in [6.45, 7) is 1.08. The lowest BCUT2D eigenvalue weighted by molar-refractivity contribution is -0.188. The predicted molar refractivity (Wildman–Crippen MR) is 100 cm³/mol. The highest BCUT2D eigenvalue weighted by molar-refractivity contribution is 5.92. The quantitative estimate of drug-likeness (QED) is 0.281. The lowest BCUT2D eigenvalue weighted by atomic mass is 9.81. The maximum atomic E-state index is 12.6. The van der Waals surface area contributed by atoms with Crippen LogP contribution in [0.15, 0.2) is 0 Å². The van der Waals surface area contributed by atoms with Gasteiger partial charge in [0.25, 0.3) is 0 Å². The summed E-state index contributed by atoms with van der Waals surface area (Å²) in [5.74, 6) is -4.02. The van der Waals surface area contributed by atoms with E-state index in [4.69, 9.17) is 14.6 Å². The number of aliphatic carboxylic acids is 1. The van der Waals surface area contributed by atoms with Crippen molar-refractivity contribution in [2.75, 3.05) is 13.2 Å². The van der Waals surface area contributed by atoms with E-state index in [1.165, 1.54) is 19.3 Å². The van der Waals surface area contributed by atoms with Gasteiger partial charge in [0.15, 0.2) is 0 Å². The number of unbranched alkanes of at least 4 members (excludes halogenated alkanes) is 7. The average Bonchev–Trinajstić information content (AvgIpc) is 3.06. The summed E-state index contributed by atoms with van der Waals surface area (Å²) in [7, 11) is 0. The largest absolute Gasteiger partial charge is 0.481 e. The third-order valence-corrected chi connectivity index (χ3v) is 5.17. The third kappa shape index (κ3) is 7.39. The molecule has 8 heteroatoms. The lowest BCUT2D eigenvalue weighted by Crippen LogP contribution is -2.50. The second-order valence-corrected chi connectivity index (χ2v) is 7.45. The van der Waals surface area contributed by atoms with Crippen LogP contribution >= 0.6 is 0 Å². The molecule has 0 amide bonds. The predicted octanol–water partition coefficient (Wildman–Crippen LogP) is 2.19. The number of cyclic esters (lactones) is 1. The van der Waals surface area contributed by atoms with Gasteiger partial charge in [-0.3, -0.25) is 9.59 Å². The molecule has 28 heavy (non-hydrogen) atoms. The van der Waals surface area contributed by atoms with Crippen LogP contribution in [0, 0.1) is 5.92 Å². The number of hydrogen-bond acceptors (Lipinski definition) is 7. The van der Waals surface area contributed by atoms with E-state index in [1.54, 1.807) is 0 Å². The van der Waals surface area contributed by atoms with Crippen LogP contribution in [-0.4, -0.2) is 58.1 Å². The number of rotatable bonds is 15. The van der Waals surface area contributed by atoms with Gasteiger partial charge in [-0.15, -0.1) is 0 Å². The summed E-state index contributed by atoms with van der Waals surface area (Å²) in [5.41, 5.74) is -1.86. The zero-order valence-corrected chi connectivity index (χ0v) is 16.7. The first-order chi connectivity index (χ1) is 13.4. The number of carboxylic acids is 1. The molecule has 0 saturated carbocycles. The normalized spacial score (nSPS) is 21.2. The summed E-state index contributed by atoms with van der Waals surface area (Å²) in [6.07, 6.45) is 7.14. The topological polar surface area (TPSA) is 130 Å². The van der Waals surface area contributed by atoms with E-state index in [2.05, 4.69) is 6.92 Å². The van der Waals surface area contributed by atoms with Crippen LogP contribution in [0.1, 0.15) is 77.6 Å². The minimum Gasteiger partial charge on any atom is -0.481 e. The molecule has 3 N–H and O–H groups in total. The van der Waals surface area contributed by atoms with Crippen LogP contribution < -0.4 is 0 Å². The van der Waals surface area contributed by atoms with E-state index in [1.807, 2.05) is 0 Å². The van der Waals surface area contributed by atoms with Crippen molar-refractivity contribution in [3.8, 4) is 0 Å². The summed E-state index contributed by atoms with van der Waals surface area (Å²) < 4.78 is 10.1. The van der Waals surface area contributed by atoms with E-state index in [9.17, 15) is 24.6 Å². The molecule has 1 unspecified atom stereocenters. The molecule has 0 aromatic rings. The number of carbonyl (C=O) groups is 3. The molecule has 8 nitrogen and oxygen atoms in total. The Morgan fingerprint density at radius 3 is 2.25 bits per heavy atom. The van der Waals surface area contributed by atoms with Gasteiger partial charge in [0.2, 0.25) is 5.60 Å². The Labute approximate surface area is 166 Å². The Kier molecular flexibility index (Phi) is 11.1. The fourth-order valence-corrected chi connectivity index (χ4v) is 3.51. The summed E-state index contributed by atoms with van der Waals surface area (Å²) >= 11 is 0. The number of aliphatic hydroxyl groups is 2. The second-order valence-electron chi connectivity index (χ2n) is 7.45. The Morgan fingerprint density at radius 1 is 1.14 bits per heavy atom. The molecule has 0 radical (unpaired) electrons. The Bertz CT molecular complexity index is 506. The molecule has 0 aliphatic carbocycles. The number of ether oxygens (including phenoxy) is 2. The Hall–Kier alpha value is -1.67. The lowest BCUT2D eigenvalue weighted by Gasteiger charge is -2.31. The molecule has 0 spiro atoms. The SMILES string of the molecule is CCCCCCCCCC[C@@H](C(=O)O)[C@]1(C(=O)OCC(O)CO)CCC(=O)O1. The fraction of sp³-hybridized carbons (Fsp3) is 0.850. The first-order valence-corrected chi connectivity index (χ1v) is 10.3. The molecule has 0 aromatic carbocycles. The minimum atomic E-state index is -1.86. The van der Waals surface area contributed by atoms with Gasteiger partial charge < -0.3 is 24.8 Å². The molecule has 1 rings (SSSR count). The van der Waals surface area contributed by atoms with Crippen molar-refractivity contribution in [2.45, 2.75) is 89.3 Å². The van der Waals surface area contributed by atoms with Crippen molar-refractivity contribution < 1.29 is 39.2 Å². The number of carbonyl (C=O) groups excluding carboxylic acids is 2. The van der Waals surface area contributed by atoms with Crippen LogP contribution in [0.3, 0.4) is 0 Å². The maximum absolute atomic E-state index is 12.6. The zero-order chi connectivity index (χ0) is 21.0. The average molecular weight is 402 g/mol. The minimum absolute atomic E-state index is 0.0567. The van der Waals surface area contributed by atoms with Gasteiger partial charge in [-0.2, -0.15) is 0 Å².